The molecule has 1 aromatic heterocycles. The quantitative estimate of drug-likeness (QED) is 0.378. The van der Waals surface area contributed by atoms with Crippen molar-refractivity contribution in [3.8, 4) is 11.5 Å². The lowest BCUT2D eigenvalue weighted by atomic mass is 9.86. The number of amides is 1. The smallest absolute Gasteiger partial charge is 0.414 e. The number of anilines is 1. The molecule has 0 radical (unpaired) electrons. The number of methoxy groups -OCH3 is 3. The molecule has 4 atom stereocenters. The van der Waals surface area contributed by atoms with Crippen LogP contribution in [0.5, 0.6) is 11.5 Å². The summed E-state index contributed by atoms with van der Waals surface area (Å²) < 4.78 is 32.9. The Labute approximate surface area is 238 Å². The van der Waals surface area contributed by atoms with Gasteiger partial charge in [-0.3, -0.25) is 9.69 Å². The third-order valence-electron chi connectivity index (χ3n) is 8.18. The van der Waals surface area contributed by atoms with E-state index in [2.05, 4.69) is 11.5 Å². The highest BCUT2D eigenvalue weighted by Gasteiger charge is 2.35. The van der Waals surface area contributed by atoms with Gasteiger partial charge in [-0.2, -0.15) is 0 Å². The molecule has 1 aliphatic heterocycles. The number of hydrogen-bond acceptors (Lipinski definition) is 7. The topological polar surface area (TPSA) is 123 Å². The highest BCUT2D eigenvalue weighted by molar-refractivity contribution is 5.95. The van der Waals surface area contributed by atoms with Gasteiger partial charge < -0.3 is 29.0 Å². The largest absolute Gasteiger partial charge is 0.496 e. The van der Waals surface area contributed by atoms with E-state index in [0.29, 0.717) is 17.5 Å². The van der Waals surface area contributed by atoms with Crippen LogP contribution in [0.25, 0.3) is 11.0 Å². The van der Waals surface area contributed by atoms with Crippen molar-refractivity contribution in [2.24, 2.45) is 5.92 Å². The fourth-order valence-electron chi connectivity index (χ4n) is 6.33. The van der Waals surface area contributed by atoms with E-state index in [1.54, 1.807) is 4.90 Å². The molecule has 1 amide bonds. The molecule has 222 valence electrons. The predicted octanol–water partition coefficient (Wildman–Crippen LogP) is 5.63. The van der Waals surface area contributed by atoms with Crippen molar-refractivity contribution in [2.45, 2.75) is 70.6 Å². The average Bonchev–Trinajstić information content (AvgIpc) is 3.36. The Morgan fingerprint density at radius 2 is 1.85 bits per heavy atom. The molecule has 2 N–H and O–H groups in total. The lowest BCUT2D eigenvalue weighted by Crippen LogP contribution is -2.42. The molecule has 1 saturated carbocycles. The summed E-state index contributed by atoms with van der Waals surface area (Å²) in [5.41, 5.74) is 3.55. The number of halogens is 1. The molecule has 2 heterocycles. The van der Waals surface area contributed by atoms with Crippen LogP contribution in [0, 0.1) is 11.7 Å². The van der Waals surface area contributed by atoms with E-state index >= 15 is 0 Å². The molecule has 0 saturated heterocycles. The Kier molecular flexibility index (Phi) is 9.37. The Hall–Kier alpha value is -3.86. The zero-order valence-electron chi connectivity index (χ0n) is 24.1. The Morgan fingerprint density at radius 3 is 2.49 bits per heavy atom. The molecule has 1 fully saturated rings. The number of aryl methyl sites for hydroxylation is 1. The number of aromatic nitrogens is 2. The summed E-state index contributed by atoms with van der Waals surface area (Å²) in [4.78, 5) is 27.7. The number of rotatable bonds is 5. The van der Waals surface area contributed by atoms with Gasteiger partial charge in [-0.05, 0) is 62.8 Å². The summed E-state index contributed by atoms with van der Waals surface area (Å²) >= 11 is 0. The van der Waals surface area contributed by atoms with Gasteiger partial charge in [-0.25, -0.2) is 14.2 Å². The van der Waals surface area contributed by atoms with Crippen molar-refractivity contribution < 1.29 is 38.4 Å². The van der Waals surface area contributed by atoms with Crippen LogP contribution in [0.3, 0.4) is 0 Å². The van der Waals surface area contributed by atoms with Gasteiger partial charge in [0, 0.05) is 17.6 Å². The maximum absolute atomic E-state index is 14.8. The van der Waals surface area contributed by atoms with E-state index in [1.807, 2.05) is 19.1 Å². The van der Waals surface area contributed by atoms with Gasteiger partial charge >= 0.3 is 6.09 Å². The number of ether oxygens (including phenoxy) is 3. The zero-order chi connectivity index (χ0) is 29.8. The molecule has 10 nitrogen and oxygen atoms in total. The van der Waals surface area contributed by atoms with E-state index in [4.69, 9.17) is 29.1 Å². The van der Waals surface area contributed by atoms with Crippen LogP contribution in [0.15, 0.2) is 24.3 Å². The van der Waals surface area contributed by atoms with Crippen molar-refractivity contribution >= 4 is 29.3 Å². The molecule has 11 heteroatoms. The lowest BCUT2D eigenvalue weighted by Gasteiger charge is -2.34. The molecule has 41 heavy (non-hydrogen) atoms. The molecule has 1 aliphatic carbocycles. The van der Waals surface area contributed by atoms with Crippen LogP contribution in [0.4, 0.5) is 14.9 Å². The van der Waals surface area contributed by atoms with E-state index < -0.39 is 18.0 Å². The normalized spacial score (nSPS) is 20.9. The number of fused-ring (bicyclic) bond motifs is 3. The van der Waals surface area contributed by atoms with Gasteiger partial charge in [0.25, 0.3) is 6.47 Å². The van der Waals surface area contributed by atoms with Gasteiger partial charge in [-0.15, -0.1) is 0 Å². The number of benzene rings is 2. The first-order chi connectivity index (χ1) is 19.7. The second-order valence-corrected chi connectivity index (χ2v) is 10.6. The number of carbonyl (C=O) groups is 2. The number of hydrogen-bond donors (Lipinski definition) is 2. The van der Waals surface area contributed by atoms with Gasteiger partial charge in [0.1, 0.15) is 17.7 Å². The van der Waals surface area contributed by atoms with Gasteiger partial charge in [-0.1, -0.05) is 19.8 Å². The molecule has 0 bridgehead atoms. The summed E-state index contributed by atoms with van der Waals surface area (Å²) in [6.45, 7) is 4.00. The molecular weight excluding hydrogens is 533 g/mol. The number of nitrogens with zero attached hydrogens (tertiary/aromatic N) is 3. The van der Waals surface area contributed by atoms with Crippen LogP contribution >= 0.6 is 0 Å². The van der Waals surface area contributed by atoms with Crippen LogP contribution in [0.2, 0.25) is 0 Å². The minimum absolute atomic E-state index is 0.0143. The minimum atomic E-state index is -1.30. The van der Waals surface area contributed by atoms with Crippen LogP contribution in [0.1, 0.15) is 75.0 Å². The highest BCUT2D eigenvalue weighted by atomic mass is 19.1. The average molecular weight is 572 g/mol. The number of aliphatic hydroxyl groups is 1. The standard InChI is InChI=1S/C29H36FN3O5.CH2O2/c1-16-7-6-8-18(15-16)33-22-13-12-21-19(10-9-17(2)32(21)29(35)38-5)25(22)31-28(33)26(34)24-23(36-3)14-11-20(30)27(24)37-4;2-1-3/h11-14,16-18,26,34H,6-10,15H2,1-5H3;1H,(H,2,3). The summed E-state index contributed by atoms with van der Waals surface area (Å²) in [5, 5.41) is 18.7. The second kappa shape index (κ2) is 12.8. The fraction of sp³-hybridized carbons (Fsp3) is 0.500. The van der Waals surface area contributed by atoms with Gasteiger partial charge in [0.05, 0.1) is 43.6 Å². The predicted molar refractivity (Wildman–Crippen MR) is 151 cm³/mol. The highest BCUT2D eigenvalue weighted by Crippen LogP contribution is 2.45. The summed E-state index contributed by atoms with van der Waals surface area (Å²) in [5.74, 6) is 0.608. The minimum Gasteiger partial charge on any atom is -0.496 e. The summed E-state index contributed by atoms with van der Waals surface area (Å²) in [7, 11) is 4.24. The van der Waals surface area contributed by atoms with Crippen LogP contribution < -0.4 is 14.4 Å². The Bertz CT molecular complexity index is 1410. The first kappa shape index (κ1) is 30.1. The number of carbonyl (C=O) groups excluding carboxylic acids is 1. The monoisotopic (exact) mass is 571 g/mol. The summed E-state index contributed by atoms with van der Waals surface area (Å²) in [6.07, 6.45) is 3.93. The second-order valence-electron chi connectivity index (χ2n) is 10.6. The summed E-state index contributed by atoms with van der Waals surface area (Å²) in [6, 6.07) is 6.79. The Balaban J connectivity index is 0.00000124. The molecule has 5 rings (SSSR count). The van der Waals surface area contributed by atoms with Crippen molar-refractivity contribution in [1.82, 2.24) is 9.55 Å². The number of imidazole rings is 1. The van der Waals surface area contributed by atoms with E-state index in [1.165, 1.54) is 33.5 Å². The number of carboxylic acid groups (broad SMARTS) is 1. The SMILES string of the molecule is COC(=O)N1c2ccc3c(nc(C(O)c4c(OC)ccc(F)c4OC)n3C3CCCC(C)C3)c2CCC1C.O=CO. The van der Waals surface area contributed by atoms with Crippen molar-refractivity contribution in [3.05, 3.63) is 47.0 Å². The Morgan fingerprint density at radius 1 is 1.12 bits per heavy atom. The van der Waals surface area contributed by atoms with Crippen LogP contribution in [-0.2, 0) is 16.0 Å². The lowest BCUT2D eigenvalue weighted by molar-refractivity contribution is -0.122. The number of aliphatic hydroxyl groups excluding tert-OH is 1. The van der Waals surface area contributed by atoms with E-state index in [0.717, 1.165) is 60.8 Å². The molecule has 2 aliphatic rings. The van der Waals surface area contributed by atoms with Crippen molar-refractivity contribution in [2.75, 3.05) is 26.2 Å². The molecule has 2 aromatic carbocycles. The molecular formula is C30H38FN3O7. The van der Waals surface area contributed by atoms with Crippen LogP contribution in [-0.4, -0.2) is 59.7 Å². The van der Waals surface area contributed by atoms with Gasteiger partial charge in [0.15, 0.2) is 11.6 Å². The van der Waals surface area contributed by atoms with E-state index in [9.17, 15) is 14.3 Å². The maximum atomic E-state index is 14.8. The third kappa shape index (κ3) is 5.55. The van der Waals surface area contributed by atoms with Crippen molar-refractivity contribution in [1.29, 1.82) is 0 Å². The fourth-order valence-corrected chi connectivity index (χ4v) is 6.33. The van der Waals surface area contributed by atoms with Gasteiger partial charge in [0.2, 0.25) is 0 Å². The maximum Gasteiger partial charge on any atom is 0.414 e. The van der Waals surface area contributed by atoms with Crippen molar-refractivity contribution in [3.63, 3.8) is 0 Å². The molecule has 3 aromatic rings. The first-order valence-corrected chi connectivity index (χ1v) is 13.8. The third-order valence-corrected chi connectivity index (χ3v) is 8.18. The first-order valence-electron chi connectivity index (χ1n) is 13.8. The molecule has 0 spiro atoms. The van der Waals surface area contributed by atoms with E-state index in [-0.39, 0.29) is 29.9 Å². The molecule has 4 unspecified atom stereocenters. The zero-order valence-corrected chi connectivity index (χ0v) is 24.1.